The maximum Gasteiger partial charge on any atom is 0.228 e. The van der Waals surface area contributed by atoms with Gasteiger partial charge in [0.1, 0.15) is 0 Å². The first-order valence-corrected chi connectivity index (χ1v) is 8.43. The van der Waals surface area contributed by atoms with E-state index in [1.54, 1.807) is 6.07 Å². The van der Waals surface area contributed by atoms with Crippen LogP contribution in [0, 0.1) is 0 Å². The summed E-state index contributed by atoms with van der Waals surface area (Å²) < 4.78 is 5.83. The van der Waals surface area contributed by atoms with Crippen LogP contribution in [-0.4, -0.2) is 37.6 Å². The third kappa shape index (κ3) is 4.35. The summed E-state index contributed by atoms with van der Waals surface area (Å²) in [4.78, 5) is 14.5. The van der Waals surface area contributed by atoms with Crippen molar-refractivity contribution in [3.8, 4) is 0 Å². The molecule has 1 unspecified atom stereocenters. The summed E-state index contributed by atoms with van der Waals surface area (Å²) in [5.74, 6) is -0.0815. The minimum atomic E-state index is -0.0815. The monoisotopic (exact) mass is 344 g/mol. The molecule has 1 saturated heterocycles. The first-order chi connectivity index (χ1) is 11.6. The molecule has 0 aromatic heterocycles. The number of halogens is 1. The van der Waals surface area contributed by atoms with Crippen molar-refractivity contribution in [2.45, 2.75) is 12.5 Å². The Balaban J connectivity index is 1.66. The van der Waals surface area contributed by atoms with Crippen LogP contribution in [0.2, 0.25) is 5.02 Å². The third-order valence-electron chi connectivity index (χ3n) is 4.12. The molecule has 1 N–H and O–H groups in total. The molecule has 1 amide bonds. The second-order valence-corrected chi connectivity index (χ2v) is 6.47. The zero-order valence-electron chi connectivity index (χ0n) is 13.7. The highest BCUT2D eigenvalue weighted by atomic mass is 35.5. The van der Waals surface area contributed by atoms with Crippen LogP contribution < -0.4 is 5.32 Å². The first kappa shape index (κ1) is 17.0. The van der Waals surface area contributed by atoms with Gasteiger partial charge in [-0.3, -0.25) is 4.79 Å². The lowest BCUT2D eigenvalue weighted by Crippen LogP contribution is -2.35. The van der Waals surface area contributed by atoms with Crippen LogP contribution in [-0.2, 0) is 16.0 Å². The van der Waals surface area contributed by atoms with Crippen LogP contribution in [0.1, 0.15) is 17.2 Å². The normalized spacial score (nSPS) is 18.3. The number of benzene rings is 2. The van der Waals surface area contributed by atoms with Crippen LogP contribution in [0.3, 0.4) is 0 Å². The number of nitrogens with one attached hydrogen (secondary N) is 1. The molecule has 0 aliphatic carbocycles. The lowest BCUT2D eigenvalue weighted by molar-refractivity contribution is -0.115. The summed E-state index contributed by atoms with van der Waals surface area (Å²) in [5, 5.41) is 3.55. The summed E-state index contributed by atoms with van der Waals surface area (Å²) in [7, 11) is 2.09. The van der Waals surface area contributed by atoms with Gasteiger partial charge in [-0.05, 0) is 36.4 Å². The van der Waals surface area contributed by atoms with Gasteiger partial charge in [0.15, 0.2) is 0 Å². The van der Waals surface area contributed by atoms with Gasteiger partial charge >= 0.3 is 0 Å². The number of hydrogen-bond acceptors (Lipinski definition) is 3. The lowest BCUT2D eigenvalue weighted by Gasteiger charge is -2.30. The van der Waals surface area contributed by atoms with Crippen LogP contribution >= 0.6 is 11.6 Å². The standard InChI is InChI=1S/C19H21ClN2O2/c1-22-9-10-24-18(13-22)15-6-4-7-16(11-15)21-19(23)12-14-5-2-3-8-17(14)20/h2-8,11,18H,9-10,12-13H2,1H3,(H,21,23). The minimum absolute atomic E-state index is 0.0455. The summed E-state index contributed by atoms with van der Waals surface area (Å²) in [6.45, 7) is 2.53. The van der Waals surface area contributed by atoms with Crippen molar-refractivity contribution in [2.24, 2.45) is 0 Å². The van der Waals surface area contributed by atoms with E-state index in [4.69, 9.17) is 16.3 Å². The number of carbonyl (C=O) groups excluding carboxylic acids is 1. The largest absolute Gasteiger partial charge is 0.371 e. The van der Waals surface area contributed by atoms with Crippen LogP contribution in [0.15, 0.2) is 48.5 Å². The molecule has 1 aliphatic heterocycles. The molecule has 5 heteroatoms. The second-order valence-electron chi connectivity index (χ2n) is 6.06. The number of nitrogens with zero attached hydrogens (tertiary/aromatic N) is 1. The zero-order valence-corrected chi connectivity index (χ0v) is 14.4. The molecule has 0 radical (unpaired) electrons. The highest BCUT2D eigenvalue weighted by molar-refractivity contribution is 6.31. The number of rotatable bonds is 4. The summed E-state index contributed by atoms with van der Waals surface area (Å²) in [6.07, 6.45) is 0.302. The van der Waals surface area contributed by atoms with E-state index in [0.29, 0.717) is 5.02 Å². The topological polar surface area (TPSA) is 41.6 Å². The van der Waals surface area contributed by atoms with Crippen LogP contribution in [0.5, 0.6) is 0 Å². The highest BCUT2D eigenvalue weighted by Crippen LogP contribution is 2.24. The summed E-state index contributed by atoms with van der Waals surface area (Å²) in [6, 6.07) is 15.2. The molecule has 1 atom stereocenters. The molecule has 24 heavy (non-hydrogen) atoms. The molecular weight excluding hydrogens is 324 g/mol. The Morgan fingerprint density at radius 3 is 2.92 bits per heavy atom. The van der Waals surface area contributed by atoms with Gasteiger partial charge in [0, 0.05) is 23.8 Å². The van der Waals surface area contributed by atoms with Gasteiger partial charge < -0.3 is 15.0 Å². The summed E-state index contributed by atoms with van der Waals surface area (Å²) in [5.41, 5.74) is 2.68. The molecule has 4 nitrogen and oxygen atoms in total. The van der Waals surface area contributed by atoms with Crippen molar-refractivity contribution in [2.75, 3.05) is 32.1 Å². The fourth-order valence-corrected chi connectivity index (χ4v) is 3.02. The Morgan fingerprint density at radius 2 is 2.12 bits per heavy atom. The average molecular weight is 345 g/mol. The molecule has 1 fully saturated rings. The molecule has 3 rings (SSSR count). The Morgan fingerprint density at radius 1 is 1.29 bits per heavy atom. The molecule has 1 aliphatic rings. The van der Waals surface area contributed by atoms with Crippen molar-refractivity contribution in [1.29, 1.82) is 0 Å². The maximum atomic E-state index is 12.3. The smallest absolute Gasteiger partial charge is 0.228 e. The van der Waals surface area contributed by atoms with E-state index in [9.17, 15) is 4.79 Å². The fourth-order valence-electron chi connectivity index (χ4n) is 2.82. The zero-order chi connectivity index (χ0) is 16.9. The lowest BCUT2D eigenvalue weighted by atomic mass is 10.1. The van der Waals surface area contributed by atoms with Gasteiger partial charge in [-0.2, -0.15) is 0 Å². The van der Waals surface area contributed by atoms with Gasteiger partial charge in [0.05, 0.1) is 19.1 Å². The third-order valence-corrected chi connectivity index (χ3v) is 4.49. The van der Waals surface area contributed by atoms with E-state index >= 15 is 0 Å². The van der Waals surface area contributed by atoms with Crippen molar-refractivity contribution < 1.29 is 9.53 Å². The SMILES string of the molecule is CN1CCOC(c2cccc(NC(=O)Cc3ccccc3Cl)c2)C1. The Bertz CT molecular complexity index is 720. The number of anilines is 1. The van der Waals surface area contributed by atoms with Crippen molar-refractivity contribution >= 4 is 23.2 Å². The predicted molar refractivity (Wildman–Crippen MR) is 96.4 cm³/mol. The Hall–Kier alpha value is -1.88. The molecule has 2 aromatic carbocycles. The average Bonchev–Trinajstić information content (AvgIpc) is 2.57. The quantitative estimate of drug-likeness (QED) is 0.922. The number of morpholine rings is 1. The van der Waals surface area contributed by atoms with Gasteiger partial charge in [-0.1, -0.05) is 41.9 Å². The van der Waals surface area contributed by atoms with Gasteiger partial charge in [0.25, 0.3) is 0 Å². The van der Waals surface area contributed by atoms with E-state index in [1.807, 2.05) is 42.5 Å². The van der Waals surface area contributed by atoms with Crippen molar-refractivity contribution in [1.82, 2.24) is 4.90 Å². The van der Waals surface area contributed by atoms with E-state index in [-0.39, 0.29) is 18.4 Å². The first-order valence-electron chi connectivity index (χ1n) is 8.05. The van der Waals surface area contributed by atoms with E-state index in [2.05, 4.69) is 17.3 Å². The van der Waals surface area contributed by atoms with E-state index < -0.39 is 0 Å². The second kappa shape index (κ2) is 7.79. The van der Waals surface area contributed by atoms with Gasteiger partial charge in [-0.15, -0.1) is 0 Å². The fraction of sp³-hybridized carbons (Fsp3) is 0.316. The minimum Gasteiger partial charge on any atom is -0.371 e. The number of ether oxygens (including phenoxy) is 1. The van der Waals surface area contributed by atoms with Gasteiger partial charge in [-0.25, -0.2) is 0 Å². The number of hydrogen-bond donors (Lipinski definition) is 1. The van der Waals surface area contributed by atoms with E-state index in [0.717, 1.165) is 36.5 Å². The van der Waals surface area contributed by atoms with Crippen molar-refractivity contribution in [3.63, 3.8) is 0 Å². The maximum absolute atomic E-state index is 12.3. The molecule has 0 saturated carbocycles. The highest BCUT2D eigenvalue weighted by Gasteiger charge is 2.19. The van der Waals surface area contributed by atoms with Crippen LogP contribution in [0.25, 0.3) is 0 Å². The molecule has 2 aromatic rings. The molecule has 1 heterocycles. The van der Waals surface area contributed by atoms with Crippen LogP contribution in [0.4, 0.5) is 5.69 Å². The van der Waals surface area contributed by atoms with Crippen molar-refractivity contribution in [3.05, 3.63) is 64.7 Å². The molecular formula is C19H21ClN2O2. The Labute approximate surface area is 147 Å². The number of amides is 1. The predicted octanol–water partition coefficient (Wildman–Crippen LogP) is 3.52. The van der Waals surface area contributed by atoms with E-state index in [1.165, 1.54) is 0 Å². The van der Waals surface area contributed by atoms with Gasteiger partial charge in [0.2, 0.25) is 5.91 Å². The molecule has 0 spiro atoms. The molecule has 0 bridgehead atoms. The number of likely N-dealkylation sites (N-methyl/N-ethyl adjacent to an activating group) is 1. The molecule has 126 valence electrons. The Kier molecular flexibility index (Phi) is 5.51. The summed E-state index contributed by atoms with van der Waals surface area (Å²) >= 11 is 6.11. The number of carbonyl (C=O) groups is 1.